The van der Waals surface area contributed by atoms with Crippen LogP contribution in [-0.4, -0.2) is 19.2 Å². The summed E-state index contributed by atoms with van der Waals surface area (Å²) in [6, 6.07) is 7.58. The quantitative estimate of drug-likeness (QED) is 0.852. The van der Waals surface area contributed by atoms with Gasteiger partial charge in [-0.15, -0.1) is 0 Å². The van der Waals surface area contributed by atoms with Gasteiger partial charge < -0.3 is 10.1 Å². The summed E-state index contributed by atoms with van der Waals surface area (Å²) < 4.78 is 28.8. The van der Waals surface area contributed by atoms with Crippen molar-refractivity contribution in [3.8, 4) is 5.75 Å². The Morgan fingerprint density at radius 1 is 1.40 bits per heavy atom. The lowest BCUT2D eigenvalue weighted by Gasteiger charge is -2.29. The minimum atomic E-state index is -2.75. The van der Waals surface area contributed by atoms with Gasteiger partial charge in [-0.1, -0.05) is 25.5 Å². The van der Waals surface area contributed by atoms with E-state index in [9.17, 15) is 8.78 Å². The summed E-state index contributed by atoms with van der Waals surface area (Å²) in [5.41, 5.74) is 1.06. The first-order valence-corrected chi connectivity index (χ1v) is 7.44. The highest BCUT2D eigenvalue weighted by Gasteiger charge is 2.19. The first kappa shape index (κ1) is 15.2. The highest BCUT2D eigenvalue weighted by molar-refractivity contribution is 5.28. The molecule has 112 valence electrons. The summed E-state index contributed by atoms with van der Waals surface area (Å²) in [5, 5.41) is 3.55. The third-order valence-electron chi connectivity index (χ3n) is 4.09. The van der Waals surface area contributed by atoms with Crippen LogP contribution in [0.2, 0.25) is 0 Å². The fraction of sp³-hybridized carbons (Fsp3) is 0.625. The van der Waals surface area contributed by atoms with E-state index in [1.54, 1.807) is 18.2 Å². The average molecular weight is 283 g/mol. The Morgan fingerprint density at radius 3 is 3.00 bits per heavy atom. The Morgan fingerprint density at radius 2 is 2.25 bits per heavy atom. The molecule has 1 N–H and O–H groups in total. The number of ether oxygens (including phenoxy) is 1. The van der Waals surface area contributed by atoms with Crippen LogP contribution >= 0.6 is 0 Å². The Hall–Kier alpha value is -1.16. The van der Waals surface area contributed by atoms with Crippen LogP contribution in [0.1, 0.15) is 38.2 Å². The van der Waals surface area contributed by atoms with Crippen molar-refractivity contribution in [2.24, 2.45) is 5.92 Å². The summed E-state index contributed by atoms with van der Waals surface area (Å²) in [6.07, 6.45) is 5.69. The largest absolute Gasteiger partial charge is 0.435 e. The molecule has 0 bridgehead atoms. The molecular weight excluding hydrogens is 260 g/mol. The van der Waals surface area contributed by atoms with Crippen molar-refractivity contribution in [3.05, 3.63) is 29.8 Å². The number of hydrogen-bond acceptors (Lipinski definition) is 2. The van der Waals surface area contributed by atoms with Gasteiger partial charge >= 0.3 is 6.61 Å². The van der Waals surface area contributed by atoms with E-state index >= 15 is 0 Å². The highest BCUT2D eigenvalue weighted by atomic mass is 19.3. The van der Waals surface area contributed by atoms with E-state index in [4.69, 9.17) is 0 Å². The zero-order valence-corrected chi connectivity index (χ0v) is 11.9. The number of hydrogen-bond donors (Lipinski definition) is 1. The van der Waals surface area contributed by atoms with Crippen LogP contribution in [0.3, 0.4) is 0 Å². The van der Waals surface area contributed by atoms with Gasteiger partial charge in [-0.2, -0.15) is 8.78 Å². The van der Waals surface area contributed by atoms with Crippen molar-refractivity contribution in [2.75, 3.05) is 6.54 Å². The zero-order valence-electron chi connectivity index (χ0n) is 11.9. The maximum Gasteiger partial charge on any atom is 0.387 e. The average Bonchev–Trinajstić information content (AvgIpc) is 2.45. The molecule has 1 fully saturated rings. The molecular formula is C16H23F2NO. The number of piperidine rings is 1. The highest BCUT2D eigenvalue weighted by Crippen LogP contribution is 2.23. The van der Waals surface area contributed by atoms with Gasteiger partial charge in [0, 0.05) is 6.04 Å². The molecule has 1 aliphatic rings. The van der Waals surface area contributed by atoms with Gasteiger partial charge in [0.2, 0.25) is 0 Å². The minimum absolute atomic E-state index is 0.250. The fourth-order valence-electron chi connectivity index (χ4n) is 2.90. The molecule has 0 spiro atoms. The molecule has 2 nitrogen and oxygen atoms in total. The van der Waals surface area contributed by atoms with Crippen molar-refractivity contribution in [2.45, 2.75) is 51.7 Å². The predicted molar refractivity (Wildman–Crippen MR) is 76.2 cm³/mol. The Balaban J connectivity index is 1.84. The fourth-order valence-corrected chi connectivity index (χ4v) is 2.90. The van der Waals surface area contributed by atoms with E-state index in [-0.39, 0.29) is 5.75 Å². The Labute approximate surface area is 119 Å². The summed E-state index contributed by atoms with van der Waals surface area (Å²) in [5.74, 6) is 1.08. The van der Waals surface area contributed by atoms with Crippen LogP contribution in [0.5, 0.6) is 5.75 Å². The maximum absolute atomic E-state index is 12.2. The van der Waals surface area contributed by atoms with Gasteiger partial charge in [-0.3, -0.25) is 0 Å². The number of halogens is 2. The lowest BCUT2D eigenvalue weighted by Crippen LogP contribution is -2.38. The van der Waals surface area contributed by atoms with Crippen molar-refractivity contribution >= 4 is 0 Å². The Kier molecular flexibility index (Phi) is 5.77. The maximum atomic E-state index is 12.2. The van der Waals surface area contributed by atoms with Crippen LogP contribution in [0.4, 0.5) is 8.78 Å². The number of aryl methyl sites for hydroxylation is 1. The first-order valence-electron chi connectivity index (χ1n) is 7.44. The van der Waals surface area contributed by atoms with E-state index in [1.807, 2.05) is 6.07 Å². The number of benzene rings is 1. The summed E-state index contributed by atoms with van der Waals surface area (Å²) >= 11 is 0. The van der Waals surface area contributed by atoms with E-state index in [0.717, 1.165) is 30.9 Å². The number of alkyl halides is 2. The van der Waals surface area contributed by atoms with Crippen LogP contribution in [0, 0.1) is 5.92 Å². The van der Waals surface area contributed by atoms with Gasteiger partial charge in [0.25, 0.3) is 0 Å². The van der Waals surface area contributed by atoms with E-state index in [1.165, 1.54) is 19.3 Å². The van der Waals surface area contributed by atoms with E-state index in [2.05, 4.69) is 17.0 Å². The molecule has 0 amide bonds. The first-order chi connectivity index (χ1) is 9.67. The van der Waals surface area contributed by atoms with Crippen LogP contribution in [0.15, 0.2) is 24.3 Å². The topological polar surface area (TPSA) is 21.3 Å². The molecule has 1 saturated heterocycles. The molecule has 0 aromatic heterocycles. The molecule has 2 unspecified atom stereocenters. The standard InChI is InChI=1S/C16H23F2NO/c1-2-12-8-9-19-14(10-12)7-6-13-4-3-5-15(11-13)20-16(17)18/h3-5,11-12,14,16,19H,2,6-10H2,1H3. The molecule has 0 saturated carbocycles. The van der Waals surface area contributed by atoms with Crippen molar-refractivity contribution in [1.29, 1.82) is 0 Å². The van der Waals surface area contributed by atoms with Crippen molar-refractivity contribution in [3.63, 3.8) is 0 Å². The second kappa shape index (κ2) is 7.58. The zero-order chi connectivity index (χ0) is 14.4. The number of rotatable bonds is 6. The molecule has 0 radical (unpaired) electrons. The second-order valence-corrected chi connectivity index (χ2v) is 5.51. The van der Waals surface area contributed by atoms with Crippen LogP contribution in [0.25, 0.3) is 0 Å². The van der Waals surface area contributed by atoms with Gasteiger partial charge in [-0.25, -0.2) is 0 Å². The Bertz CT molecular complexity index is 411. The van der Waals surface area contributed by atoms with Crippen LogP contribution < -0.4 is 10.1 Å². The monoisotopic (exact) mass is 283 g/mol. The second-order valence-electron chi connectivity index (χ2n) is 5.51. The molecule has 4 heteroatoms. The third-order valence-corrected chi connectivity index (χ3v) is 4.09. The van der Waals surface area contributed by atoms with Crippen molar-refractivity contribution < 1.29 is 13.5 Å². The smallest absolute Gasteiger partial charge is 0.387 e. The molecule has 0 aliphatic carbocycles. The SMILES string of the molecule is CCC1CCNC(CCc2cccc(OC(F)F)c2)C1. The predicted octanol–water partition coefficient (Wildman–Crippen LogP) is 4.00. The van der Waals surface area contributed by atoms with Crippen molar-refractivity contribution in [1.82, 2.24) is 5.32 Å². The molecule has 1 heterocycles. The minimum Gasteiger partial charge on any atom is -0.435 e. The van der Waals surface area contributed by atoms with E-state index in [0.29, 0.717) is 6.04 Å². The van der Waals surface area contributed by atoms with Gasteiger partial charge in [0.1, 0.15) is 5.75 Å². The number of nitrogens with one attached hydrogen (secondary N) is 1. The molecule has 1 aliphatic heterocycles. The molecule has 2 atom stereocenters. The van der Waals surface area contributed by atoms with Crippen LogP contribution in [-0.2, 0) is 6.42 Å². The molecule has 1 aromatic carbocycles. The molecule has 1 aromatic rings. The van der Waals surface area contributed by atoms with E-state index < -0.39 is 6.61 Å². The normalized spacial score (nSPS) is 23.0. The lowest BCUT2D eigenvalue weighted by molar-refractivity contribution is -0.0498. The van der Waals surface area contributed by atoms with Gasteiger partial charge in [0.15, 0.2) is 0 Å². The summed E-state index contributed by atoms with van der Waals surface area (Å²) in [7, 11) is 0. The third kappa shape index (κ3) is 4.75. The summed E-state index contributed by atoms with van der Waals surface area (Å²) in [6.45, 7) is 0.589. The molecule has 2 rings (SSSR count). The van der Waals surface area contributed by atoms with Gasteiger partial charge in [-0.05, 0) is 55.8 Å². The summed E-state index contributed by atoms with van der Waals surface area (Å²) in [4.78, 5) is 0. The lowest BCUT2D eigenvalue weighted by atomic mass is 9.88. The molecule has 20 heavy (non-hydrogen) atoms. The van der Waals surface area contributed by atoms with Gasteiger partial charge in [0.05, 0.1) is 0 Å².